The van der Waals surface area contributed by atoms with Crippen molar-refractivity contribution in [1.82, 2.24) is 19.9 Å². The van der Waals surface area contributed by atoms with Crippen molar-refractivity contribution in [2.24, 2.45) is 31.7 Å². The van der Waals surface area contributed by atoms with Crippen molar-refractivity contribution in [2.45, 2.75) is 38.8 Å². The summed E-state index contributed by atoms with van der Waals surface area (Å²) in [6, 6.07) is 0. The van der Waals surface area contributed by atoms with E-state index in [2.05, 4.69) is 40.1 Å². The number of aliphatic imine (C=N–C) groups is 2. The van der Waals surface area contributed by atoms with E-state index in [0.29, 0.717) is 11.9 Å². The van der Waals surface area contributed by atoms with Crippen LogP contribution in [0.5, 0.6) is 0 Å². The Labute approximate surface area is 139 Å². The van der Waals surface area contributed by atoms with Gasteiger partial charge < -0.3 is 21.4 Å². The van der Waals surface area contributed by atoms with Crippen molar-refractivity contribution in [3.05, 3.63) is 24.8 Å². The first-order chi connectivity index (χ1) is 11.2. The van der Waals surface area contributed by atoms with Crippen molar-refractivity contribution in [2.75, 3.05) is 0 Å². The number of amidine groups is 2. The zero-order valence-electron chi connectivity index (χ0n) is 14.1. The van der Waals surface area contributed by atoms with E-state index in [-0.39, 0.29) is 11.7 Å². The first-order valence-corrected chi connectivity index (χ1v) is 7.33. The Morgan fingerprint density at radius 1 is 0.833 bits per heavy atom. The molecule has 10 heteroatoms. The fourth-order valence-electron chi connectivity index (χ4n) is 1.49. The molecule has 0 bridgehead atoms. The summed E-state index contributed by atoms with van der Waals surface area (Å²) < 4.78 is 0. The average Bonchev–Trinajstić information content (AvgIpc) is 3.19. The van der Waals surface area contributed by atoms with Gasteiger partial charge in [0.15, 0.2) is 0 Å². The van der Waals surface area contributed by atoms with Gasteiger partial charge in [-0.15, -0.1) is 0 Å². The summed E-state index contributed by atoms with van der Waals surface area (Å²) in [7, 11) is 0. The largest absolute Gasteiger partial charge is 0.385 e. The number of nitrogens with two attached hydrogens (primary N) is 2. The van der Waals surface area contributed by atoms with Gasteiger partial charge in [-0.1, -0.05) is 0 Å². The standard InChI is InChI=1S/C14H22N10/c1-13(2,9(15)21-11-17-5-6-18-11)23-24-14(3,4)10(16)22-12-19-7-8-20-12/h5-8H,1-4H3,(H3,15,17,18,21)(H3,16,19,20,22). The smallest absolute Gasteiger partial charge is 0.228 e. The minimum atomic E-state index is -0.824. The van der Waals surface area contributed by atoms with Crippen molar-refractivity contribution in [1.29, 1.82) is 0 Å². The first kappa shape index (κ1) is 17.3. The van der Waals surface area contributed by atoms with Crippen molar-refractivity contribution >= 4 is 23.6 Å². The van der Waals surface area contributed by atoms with Gasteiger partial charge in [0.2, 0.25) is 11.9 Å². The number of hydrogen-bond donors (Lipinski definition) is 4. The lowest BCUT2D eigenvalue weighted by molar-refractivity contribution is 0.560. The molecule has 2 rings (SSSR count). The summed E-state index contributed by atoms with van der Waals surface area (Å²) >= 11 is 0. The lowest BCUT2D eigenvalue weighted by atomic mass is 10.0. The summed E-state index contributed by atoms with van der Waals surface area (Å²) in [6.07, 6.45) is 6.51. The third-order valence-corrected chi connectivity index (χ3v) is 3.22. The van der Waals surface area contributed by atoms with E-state index in [9.17, 15) is 0 Å². The van der Waals surface area contributed by atoms with Crippen molar-refractivity contribution < 1.29 is 0 Å². The predicted molar refractivity (Wildman–Crippen MR) is 92.8 cm³/mol. The second-order valence-electron chi connectivity index (χ2n) is 6.14. The maximum Gasteiger partial charge on any atom is 0.228 e. The van der Waals surface area contributed by atoms with Crippen LogP contribution in [0.3, 0.4) is 0 Å². The molecule has 0 saturated heterocycles. The Kier molecular flexibility index (Phi) is 4.77. The van der Waals surface area contributed by atoms with Gasteiger partial charge >= 0.3 is 0 Å². The molecular weight excluding hydrogens is 308 g/mol. The normalized spacial score (nSPS) is 14.5. The lowest BCUT2D eigenvalue weighted by Gasteiger charge is -2.22. The van der Waals surface area contributed by atoms with Crippen LogP contribution in [-0.2, 0) is 0 Å². The van der Waals surface area contributed by atoms with Crippen LogP contribution in [0.2, 0.25) is 0 Å². The molecule has 0 unspecified atom stereocenters. The molecular formula is C14H22N10. The summed E-state index contributed by atoms with van der Waals surface area (Å²) in [5, 5.41) is 8.59. The molecule has 10 nitrogen and oxygen atoms in total. The van der Waals surface area contributed by atoms with E-state index >= 15 is 0 Å². The molecule has 2 heterocycles. The number of hydrogen-bond acceptors (Lipinski definition) is 6. The molecule has 0 radical (unpaired) electrons. The van der Waals surface area contributed by atoms with Crippen LogP contribution in [0.25, 0.3) is 0 Å². The van der Waals surface area contributed by atoms with Gasteiger partial charge in [-0.05, 0) is 27.7 Å². The lowest BCUT2D eigenvalue weighted by Crippen LogP contribution is -2.39. The van der Waals surface area contributed by atoms with Gasteiger partial charge in [-0.25, -0.2) is 9.97 Å². The molecule has 0 saturated carbocycles. The number of azo groups is 1. The van der Waals surface area contributed by atoms with E-state index in [1.165, 1.54) is 0 Å². The Hall–Kier alpha value is -3.04. The van der Waals surface area contributed by atoms with Crippen molar-refractivity contribution in [3.8, 4) is 0 Å². The van der Waals surface area contributed by atoms with Crippen LogP contribution in [0.4, 0.5) is 11.9 Å². The number of aromatic amines is 2. The zero-order valence-corrected chi connectivity index (χ0v) is 14.1. The molecule has 0 spiro atoms. The van der Waals surface area contributed by atoms with Gasteiger partial charge in [0.25, 0.3) is 0 Å². The van der Waals surface area contributed by atoms with Gasteiger partial charge in [0, 0.05) is 24.8 Å². The van der Waals surface area contributed by atoms with Gasteiger partial charge in [0.05, 0.1) is 0 Å². The molecule has 0 aliphatic heterocycles. The van der Waals surface area contributed by atoms with Crippen LogP contribution >= 0.6 is 0 Å². The van der Waals surface area contributed by atoms with Crippen LogP contribution in [0.1, 0.15) is 27.7 Å². The van der Waals surface area contributed by atoms with E-state index in [1.807, 2.05) is 0 Å². The number of aromatic nitrogens is 4. The van der Waals surface area contributed by atoms with Gasteiger partial charge in [0.1, 0.15) is 22.7 Å². The molecule has 24 heavy (non-hydrogen) atoms. The van der Waals surface area contributed by atoms with E-state index in [0.717, 1.165) is 0 Å². The molecule has 0 fully saturated rings. The summed E-state index contributed by atoms with van der Waals surface area (Å²) in [6.45, 7) is 7.20. The fourth-order valence-corrected chi connectivity index (χ4v) is 1.49. The number of imidazole rings is 2. The quantitative estimate of drug-likeness (QED) is 0.361. The van der Waals surface area contributed by atoms with Crippen molar-refractivity contribution in [3.63, 3.8) is 0 Å². The highest BCUT2D eigenvalue weighted by Gasteiger charge is 2.27. The molecule has 0 aliphatic rings. The highest BCUT2D eigenvalue weighted by Crippen LogP contribution is 2.19. The summed E-state index contributed by atoms with van der Waals surface area (Å²) in [4.78, 5) is 22.1. The number of H-pyrrole nitrogens is 2. The Balaban J connectivity index is 2.17. The van der Waals surface area contributed by atoms with Gasteiger partial charge in [-0.2, -0.15) is 20.2 Å². The topological polar surface area (TPSA) is 159 Å². The van der Waals surface area contributed by atoms with Gasteiger partial charge in [-0.3, -0.25) is 0 Å². The highest BCUT2D eigenvalue weighted by atomic mass is 15.2. The summed E-state index contributed by atoms with van der Waals surface area (Å²) in [5.74, 6) is 1.37. The molecule has 128 valence electrons. The predicted octanol–water partition coefficient (Wildman–Crippen LogP) is 1.82. The van der Waals surface area contributed by atoms with E-state index < -0.39 is 11.1 Å². The Bertz CT molecular complexity index is 670. The third kappa shape index (κ3) is 4.24. The number of rotatable bonds is 6. The van der Waals surface area contributed by atoms with Crippen LogP contribution in [0, 0.1) is 0 Å². The molecule has 0 aliphatic carbocycles. The van der Waals surface area contributed by atoms with Crippen LogP contribution < -0.4 is 11.5 Å². The molecule has 2 aromatic heterocycles. The Morgan fingerprint density at radius 3 is 1.50 bits per heavy atom. The maximum absolute atomic E-state index is 6.02. The maximum atomic E-state index is 6.02. The summed E-state index contributed by atoms with van der Waals surface area (Å²) in [5.41, 5.74) is 10.4. The van der Waals surface area contributed by atoms with Crippen LogP contribution in [0.15, 0.2) is 45.0 Å². The molecule has 0 aromatic carbocycles. The second kappa shape index (κ2) is 6.60. The number of nitrogens with zero attached hydrogens (tertiary/aromatic N) is 6. The van der Waals surface area contributed by atoms with Crippen LogP contribution in [-0.4, -0.2) is 42.7 Å². The first-order valence-electron chi connectivity index (χ1n) is 7.33. The molecule has 0 atom stereocenters. The zero-order chi connectivity index (χ0) is 17.8. The average molecular weight is 330 g/mol. The molecule has 2 aromatic rings. The fraction of sp³-hybridized carbons (Fsp3) is 0.429. The monoisotopic (exact) mass is 330 g/mol. The SMILES string of the molecule is CC(C)(N=NC(C)(C)C(N)=Nc1ncc[nH]1)C(N)=Nc1ncc[nH]1. The Morgan fingerprint density at radius 2 is 1.21 bits per heavy atom. The van der Waals surface area contributed by atoms with E-state index in [4.69, 9.17) is 11.5 Å². The van der Waals surface area contributed by atoms with E-state index in [1.54, 1.807) is 52.5 Å². The third-order valence-electron chi connectivity index (χ3n) is 3.22. The minimum Gasteiger partial charge on any atom is -0.385 e. The highest BCUT2D eigenvalue weighted by molar-refractivity contribution is 5.92. The molecule has 0 amide bonds. The molecule has 6 N–H and O–H groups in total. The number of nitrogens with one attached hydrogen (secondary N) is 2. The second-order valence-corrected chi connectivity index (χ2v) is 6.14. The minimum absolute atomic E-state index is 0.276.